The van der Waals surface area contributed by atoms with Crippen LogP contribution in [0.15, 0.2) is 262 Å². The molecule has 11 heteroatoms. The van der Waals surface area contributed by atoms with Crippen LogP contribution >= 0.6 is 0 Å². The van der Waals surface area contributed by atoms with Crippen LogP contribution < -0.4 is 0 Å². The third-order valence-electron chi connectivity index (χ3n) is 19.2. The number of aromatic nitrogens is 8. The van der Waals surface area contributed by atoms with Gasteiger partial charge >= 0.3 is 20.1 Å². The van der Waals surface area contributed by atoms with Crippen molar-refractivity contribution in [1.29, 1.82) is 0 Å². The van der Waals surface area contributed by atoms with Gasteiger partial charge in [-0.15, -0.1) is 108 Å². The quantitative estimate of drug-likeness (QED) is 0.112. The summed E-state index contributed by atoms with van der Waals surface area (Å²) in [6, 6.07) is 87.0. The minimum Gasteiger partial charge on any atom is -0.385 e. The Morgan fingerprint density at radius 2 is 0.670 bits per heavy atom. The third-order valence-corrected chi connectivity index (χ3v) is 19.2. The number of rotatable bonds is 13. The van der Waals surface area contributed by atoms with Gasteiger partial charge in [-0.3, -0.25) is 15.0 Å². The first-order valence-electron chi connectivity index (χ1n) is 33.9. The zero-order chi connectivity index (χ0) is 68.7. The normalized spacial score (nSPS) is 12.6. The Bertz CT molecular complexity index is 5180. The van der Waals surface area contributed by atoms with E-state index in [2.05, 4.69) is 263 Å². The predicted octanol–water partition coefficient (Wildman–Crippen LogP) is 20.6. The van der Waals surface area contributed by atoms with Crippen LogP contribution in [0.2, 0.25) is 0 Å². The summed E-state index contributed by atoms with van der Waals surface area (Å²) in [5.74, 6) is 2.67. The maximum Gasteiger partial charge on any atom is 3.00 e. The largest absolute Gasteiger partial charge is 3.00 e. The van der Waals surface area contributed by atoms with Gasteiger partial charge in [0.15, 0.2) is 0 Å². The van der Waals surface area contributed by atoms with Crippen molar-refractivity contribution in [2.24, 2.45) is 0 Å². The second-order valence-corrected chi connectivity index (χ2v) is 26.5. The SMILES string of the molecule is CCC(O)(CC(C)(O)c1cc(-n2c3ccccc3c3ccccc32)cc(-n2c3ccccc3c3ccccc32)c1)c1cc(C)c(-n2ccnc2-c2[c-]cccc2)c(C)c1.Cc1cc(C)c(-n2ccnc2-c2[c-]cccc2)c(C)c1.Cc1cc(C)c(-n2ccnc2-c2[c-]cccc2)c(C)c1.[Ir+3]. The molecule has 11 aromatic carbocycles. The van der Waals surface area contributed by atoms with Crippen molar-refractivity contribution in [3.05, 3.63) is 335 Å². The monoisotopic (exact) mass is 1480 g/mol. The molecular weight excluding hydrogens is 1410 g/mol. The molecule has 2 atom stereocenters. The third kappa shape index (κ3) is 12.9. The van der Waals surface area contributed by atoms with E-state index in [0.717, 1.165) is 112 Å². The Kier molecular flexibility index (Phi) is 19.1. The van der Waals surface area contributed by atoms with Gasteiger partial charge in [-0.1, -0.05) is 127 Å². The Morgan fingerprint density at radius 1 is 0.370 bits per heavy atom. The Hall–Kier alpha value is -10.8. The number of aryl methyl sites for hydroxylation is 8. The van der Waals surface area contributed by atoms with Crippen LogP contribution in [-0.4, -0.2) is 48.0 Å². The number of aliphatic hydroxyl groups is 2. The van der Waals surface area contributed by atoms with Crippen LogP contribution in [0.5, 0.6) is 0 Å². The molecule has 0 amide bonds. The van der Waals surface area contributed by atoms with Gasteiger partial charge in [0.05, 0.1) is 50.7 Å². The first-order valence-corrected chi connectivity index (χ1v) is 33.9. The number of para-hydroxylation sites is 4. The second kappa shape index (κ2) is 28.2. The average molecular weight is 1480 g/mol. The summed E-state index contributed by atoms with van der Waals surface area (Å²) in [6.07, 6.45) is 12.0. The van der Waals surface area contributed by atoms with Gasteiger partial charge in [-0.2, -0.15) is 0 Å². The van der Waals surface area contributed by atoms with E-state index in [9.17, 15) is 10.2 Å². The Morgan fingerprint density at radius 3 is 0.970 bits per heavy atom. The fourth-order valence-electron chi connectivity index (χ4n) is 15.0. The maximum absolute atomic E-state index is 12.9. The Balaban J connectivity index is 0.000000177. The molecule has 0 saturated heterocycles. The van der Waals surface area contributed by atoms with Crippen LogP contribution in [0.1, 0.15) is 82.3 Å². The molecule has 16 rings (SSSR count). The zero-order valence-electron chi connectivity index (χ0n) is 58.0. The van der Waals surface area contributed by atoms with Gasteiger partial charge in [0, 0.05) is 93.6 Å². The summed E-state index contributed by atoms with van der Waals surface area (Å²) in [4.78, 5) is 13.7. The standard InChI is InChI=1S/C53H45N4O2.2C18H17N2.Ir/c1-5-53(59,39-29-35(2)50(36(3)30-39)55-28-27-54-51(55)37-17-7-6-8-18-37)34-52(4,58)38-31-40(56-46-23-13-9-19-42(46)43-20-10-14-24-47(43)56)33-41(32-38)57-48-25-15-11-21-44(48)45-22-12-16-26-49(45)57;2*1-13-11-14(2)17(15(3)12-13)20-10-9-19-18(20)16-7-5-4-6-8-16;/h6-17,19-33,58-59H,5,34H2,1-4H3;2*4-7,9-12H,1-3H3;/q3*-1;+3. The topological polar surface area (TPSA) is 104 Å². The van der Waals surface area contributed by atoms with Gasteiger partial charge in [-0.25, -0.2) is 0 Å². The molecule has 10 nitrogen and oxygen atoms in total. The van der Waals surface area contributed by atoms with E-state index in [0.29, 0.717) is 12.0 Å². The molecule has 2 unspecified atom stereocenters. The molecule has 0 saturated carbocycles. The number of nitrogens with zero attached hydrogens (tertiary/aromatic N) is 8. The summed E-state index contributed by atoms with van der Waals surface area (Å²) in [6.45, 7) is 20.8. The van der Waals surface area contributed by atoms with Crippen molar-refractivity contribution in [3.63, 3.8) is 0 Å². The number of benzene rings is 11. The van der Waals surface area contributed by atoms with Crippen molar-refractivity contribution in [2.75, 3.05) is 0 Å². The van der Waals surface area contributed by atoms with Crippen molar-refractivity contribution in [3.8, 4) is 62.6 Å². The van der Waals surface area contributed by atoms with Crippen LogP contribution in [0, 0.1) is 73.6 Å². The maximum atomic E-state index is 12.9. The fraction of sp³-hybridized carbons (Fsp3) is 0.157. The predicted molar refractivity (Wildman–Crippen MR) is 405 cm³/mol. The summed E-state index contributed by atoms with van der Waals surface area (Å²) in [7, 11) is 0. The van der Waals surface area contributed by atoms with Crippen LogP contribution in [0.4, 0.5) is 0 Å². The van der Waals surface area contributed by atoms with Crippen LogP contribution in [0.25, 0.3) is 106 Å². The van der Waals surface area contributed by atoms with Crippen molar-refractivity contribution in [2.45, 2.75) is 93.3 Å². The number of imidazole rings is 3. The van der Waals surface area contributed by atoms with Gasteiger partial charge in [0.1, 0.15) is 0 Å². The molecule has 0 aliphatic rings. The Labute approximate surface area is 599 Å². The molecule has 0 fully saturated rings. The molecule has 496 valence electrons. The molecule has 100 heavy (non-hydrogen) atoms. The number of hydrogen-bond donors (Lipinski definition) is 2. The first kappa shape index (κ1) is 67.8. The molecule has 5 heterocycles. The summed E-state index contributed by atoms with van der Waals surface area (Å²) < 4.78 is 11.0. The zero-order valence-corrected chi connectivity index (χ0v) is 60.4. The molecule has 0 aliphatic heterocycles. The van der Waals surface area contributed by atoms with E-state index in [1.54, 1.807) is 0 Å². The van der Waals surface area contributed by atoms with E-state index in [4.69, 9.17) is 0 Å². The average Bonchev–Trinajstić information content (AvgIpc) is 1.08. The van der Waals surface area contributed by atoms with Gasteiger partial charge in [0.2, 0.25) is 0 Å². The van der Waals surface area contributed by atoms with E-state index < -0.39 is 11.2 Å². The first-order chi connectivity index (χ1) is 48.0. The van der Waals surface area contributed by atoms with Gasteiger partial charge in [0.25, 0.3) is 0 Å². The molecule has 2 N–H and O–H groups in total. The minimum atomic E-state index is -1.45. The van der Waals surface area contributed by atoms with E-state index >= 15 is 0 Å². The molecule has 0 spiro atoms. The molecule has 0 bridgehead atoms. The van der Waals surface area contributed by atoms with Crippen molar-refractivity contribution in [1.82, 2.24) is 37.8 Å². The second-order valence-electron chi connectivity index (χ2n) is 26.5. The van der Waals surface area contributed by atoms with Crippen molar-refractivity contribution >= 4 is 43.6 Å². The minimum absolute atomic E-state index is 0. The summed E-state index contributed by atoms with van der Waals surface area (Å²) >= 11 is 0. The van der Waals surface area contributed by atoms with E-state index in [1.165, 1.54) is 44.8 Å². The number of fused-ring (bicyclic) bond motifs is 6. The molecule has 16 aromatic rings. The van der Waals surface area contributed by atoms with E-state index in [1.807, 2.05) is 124 Å². The van der Waals surface area contributed by atoms with Crippen LogP contribution in [-0.2, 0) is 31.3 Å². The number of hydrogen-bond acceptors (Lipinski definition) is 5. The smallest absolute Gasteiger partial charge is 0.385 e. The molecule has 0 radical (unpaired) electrons. The summed E-state index contributed by atoms with van der Waals surface area (Å²) in [5, 5.41) is 30.4. The van der Waals surface area contributed by atoms with Gasteiger partial charge in [-0.05, 0) is 156 Å². The fourth-order valence-corrected chi connectivity index (χ4v) is 15.0. The van der Waals surface area contributed by atoms with Gasteiger partial charge < -0.3 is 33.0 Å². The van der Waals surface area contributed by atoms with Crippen molar-refractivity contribution < 1.29 is 30.3 Å². The summed E-state index contributed by atoms with van der Waals surface area (Å²) in [5.41, 5.74) is 20.9. The molecule has 5 aromatic heterocycles. The molecular formula is C89H79IrN8O2. The molecule has 0 aliphatic carbocycles. The van der Waals surface area contributed by atoms with E-state index in [-0.39, 0.29) is 26.5 Å². The van der Waals surface area contributed by atoms with Crippen LogP contribution in [0.3, 0.4) is 0 Å².